The fraction of sp³-hybridized carbons (Fsp3) is 0.591. The van der Waals surface area contributed by atoms with Crippen LogP contribution in [0.1, 0.15) is 49.2 Å². The van der Waals surface area contributed by atoms with Crippen LogP contribution < -0.4 is 0 Å². The third-order valence-electron chi connectivity index (χ3n) is 5.56. The average molecular weight is 427 g/mol. The Balaban J connectivity index is 1.60. The van der Waals surface area contributed by atoms with Crippen molar-refractivity contribution in [2.24, 2.45) is 5.92 Å². The molecule has 2 aromatic heterocycles. The number of nitrogens with zero attached hydrogens (tertiary/aromatic N) is 6. The lowest BCUT2D eigenvalue weighted by Gasteiger charge is -2.22. The first-order valence-corrected chi connectivity index (χ1v) is 10.7. The molecule has 0 aliphatic carbocycles. The van der Waals surface area contributed by atoms with Crippen LogP contribution in [-0.4, -0.2) is 69.2 Å². The molecule has 0 N–H and O–H groups in total. The highest BCUT2D eigenvalue weighted by molar-refractivity contribution is 5.77. The molecule has 0 bridgehead atoms. The Bertz CT molecular complexity index is 1010. The van der Waals surface area contributed by atoms with E-state index in [1.54, 1.807) is 9.42 Å². The summed E-state index contributed by atoms with van der Waals surface area (Å²) in [6.45, 7) is 10.5. The minimum atomic E-state index is -0.301. The largest absolute Gasteiger partial charge is 0.449 e. The lowest BCUT2D eigenvalue weighted by atomic mass is 10.1. The van der Waals surface area contributed by atoms with E-state index < -0.39 is 0 Å². The number of hydrogen-bond acceptors (Lipinski definition) is 6. The van der Waals surface area contributed by atoms with Gasteiger partial charge in [0, 0.05) is 44.0 Å². The first-order valence-electron chi connectivity index (χ1n) is 10.7. The highest BCUT2D eigenvalue weighted by atomic mass is 16.6. The van der Waals surface area contributed by atoms with E-state index in [0.29, 0.717) is 62.8 Å². The van der Waals surface area contributed by atoms with Gasteiger partial charge in [-0.2, -0.15) is 10.4 Å². The van der Waals surface area contributed by atoms with Crippen LogP contribution in [0.4, 0.5) is 4.79 Å². The molecular weight excluding hydrogens is 396 g/mol. The summed E-state index contributed by atoms with van der Waals surface area (Å²) in [6, 6.07) is 2.10. The van der Waals surface area contributed by atoms with Gasteiger partial charge in [-0.05, 0) is 38.2 Å². The van der Waals surface area contributed by atoms with Crippen molar-refractivity contribution in [1.29, 1.82) is 5.26 Å². The van der Waals surface area contributed by atoms with Gasteiger partial charge in [-0.1, -0.05) is 13.8 Å². The molecule has 0 radical (unpaired) electrons. The number of carbonyl (C=O) groups is 2. The van der Waals surface area contributed by atoms with Crippen molar-refractivity contribution in [3.05, 3.63) is 28.7 Å². The van der Waals surface area contributed by atoms with E-state index in [4.69, 9.17) is 4.74 Å². The van der Waals surface area contributed by atoms with E-state index in [2.05, 4.69) is 16.2 Å². The fourth-order valence-electron chi connectivity index (χ4n) is 3.82. The lowest BCUT2D eigenvalue weighted by molar-refractivity contribution is -0.131. The SMILES string of the molecule is Cc1nc2c(C#N)cnn2c(C)c1CCC(=O)N1CCCN(C(=O)OCC(C)C)CC1. The van der Waals surface area contributed by atoms with Crippen molar-refractivity contribution in [2.75, 3.05) is 32.8 Å². The summed E-state index contributed by atoms with van der Waals surface area (Å²) in [5, 5.41) is 13.5. The van der Waals surface area contributed by atoms with Gasteiger partial charge in [0.25, 0.3) is 0 Å². The monoisotopic (exact) mass is 426 g/mol. The number of ether oxygens (including phenoxy) is 1. The molecule has 9 nitrogen and oxygen atoms in total. The molecular formula is C22H30N6O3. The number of rotatable bonds is 5. The summed E-state index contributed by atoms with van der Waals surface area (Å²) in [6.07, 6.45) is 2.86. The predicted molar refractivity (Wildman–Crippen MR) is 114 cm³/mol. The van der Waals surface area contributed by atoms with Crippen LogP contribution in [0.5, 0.6) is 0 Å². The number of aromatic nitrogens is 3. The second-order valence-corrected chi connectivity index (χ2v) is 8.36. The highest BCUT2D eigenvalue weighted by Crippen LogP contribution is 2.19. The standard InChI is InChI=1S/C22H30N6O3/c1-15(2)14-31-22(30)27-9-5-8-26(10-11-27)20(29)7-6-19-16(3)25-21-18(12-23)13-24-28(21)17(19)4/h13,15H,5-11,14H2,1-4H3. The van der Waals surface area contributed by atoms with Gasteiger partial charge in [-0.25, -0.2) is 14.3 Å². The third kappa shape index (κ3) is 5.13. The topological polar surface area (TPSA) is 104 Å². The van der Waals surface area contributed by atoms with Crippen LogP contribution in [-0.2, 0) is 16.0 Å². The number of carbonyl (C=O) groups excluding carboxylic acids is 2. The molecule has 1 aliphatic rings. The molecule has 0 aromatic carbocycles. The minimum Gasteiger partial charge on any atom is -0.449 e. The normalized spacial score (nSPS) is 14.6. The van der Waals surface area contributed by atoms with Crippen LogP contribution in [0, 0.1) is 31.1 Å². The quantitative estimate of drug-likeness (QED) is 0.728. The Hall–Kier alpha value is -3.15. The van der Waals surface area contributed by atoms with E-state index in [9.17, 15) is 14.9 Å². The maximum Gasteiger partial charge on any atom is 0.409 e. The Morgan fingerprint density at radius 1 is 1.19 bits per heavy atom. The van der Waals surface area contributed by atoms with Crippen LogP contribution >= 0.6 is 0 Å². The number of aryl methyl sites for hydroxylation is 2. The van der Waals surface area contributed by atoms with Crippen LogP contribution in [0.2, 0.25) is 0 Å². The second-order valence-electron chi connectivity index (χ2n) is 8.36. The Labute approximate surface area is 182 Å². The van der Waals surface area contributed by atoms with E-state index >= 15 is 0 Å². The molecule has 0 spiro atoms. The van der Waals surface area contributed by atoms with Crippen molar-refractivity contribution < 1.29 is 14.3 Å². The smallest absolute Gasteiger partial charge is 0.409 e. The molecule has 9 heteroatoms. The van der Waals surface area contributed by atoms with Gasteiger partial charge >= 0.3 is 6.09 Å². The predicted octanol–water partition coefficient (Wildman–Crippen LogP) is 2.48. The van der Waals surface area contributed by atoms with Crippen LogP contribution in [0.3, 0.4) is 0 Å². The van der Waals surface area contributed by atoms with E-state index in [-0.39, 0.29) is 12.0 Å². The van der Waals surface area contributed by atoms with Gasteiger partial charge in [0.1, 0.15) is 11.6 Å². The van der Waals surface area contributed by atoms with E-state index in [1.807, 2.05) is 32.6 Å². The molecule has 1 fully saturated rings. The molecule has 1 aliphatic heterocycles. The maximum atomic E-state index is 12.9. The zero-order valence-electron chi connectivity index (χ0n) is 18.7. The average Bonchev–Trinajstić information content (AvgIpc) is 2.98. The fourth-order valence-corrected chi connectivity index (χ4v) is 3.82. The summed E-state index contributed by atoms with van der Waals surface area (Å²) in [5.41, 5.74) is 3.66. The summed E-state index contributed by atoms with van der Waals surface area (Å²) in [5.74, 6) is 0.359. The first kappa shape index (κ1) is 22.5. The molecule has 0 saturated carbocycles. The third-order valence-corrected chi connectivity index (χ3v) is 5.56. The summed E-state index contributed by atoms with van der Waals surface area (Å²) < 4.78 is 6.98. The van der Waals surface area contributed by atoms with Gasteiger partial charge < -0.3 is 14.5 Å². The van der Waals surface area contributed by atoms with Crippen LogP contribution in [0.15, 0.2) is 6.20 Å². The van der Waals surface area contributed by atoms with E-state index in [0.717, 1.165) is 23.4 Å². The van der Waals surface area contributed by atoms with Gasteiger partial charge in [0.2, 0.25) is 5.91 Å². The first-order chi connectivity index (χ1) is 14.8. The Morgan fingerprint density at radius 2 is 1.90 bits per heavy atom. The molecule has 2 amide bonds. The van der Waals surface area contributed by atoms with Crippen LogP contribution in [0.25, 0.3) is 5.65 Å². The van der Waals surface area contributed by atoms with Crippen molar-refractivity contribution in [3.63, 3.8) is 0 Å². The molecule has 0 atom stereocenters. The van der Waals surface area contributed by atoms with Crippen molar-refractivity contribution in [2.45, 2.75) is 47.0 Å². The number of fused-ring (bicyclic) bond motifs is 1. The summed E-state index contributed by atoms with van der Waals surface area (Å²) in [4.78, 5) is 33.1. The van der Waals surface area contributed by atoms with Crippen molar-refractivity contribution >= 4 is 17.6 Å². The summed E-state index contributed by atoms with van der Waals surface area (Å²) >= 11 is 0. The van der Waals surface area contributed by atoms with Gasteiger partial charge in [0.05, 0.1) is 12.8 Å². The number of amides is 2. The maximum absolute atomic E-state index is 12.9. The Kier molecular flexibility index (Phi) is 7.10. The molecule has 1 saturated heterocycles. The zero-order valence-corrected chi connectivity index (χ0v) is 18.7. The second kappa shape index (κ2) is 9.77. The Morgan fingerprint density at radius 3 is 2.61 bits per heavy atom. The van der Waals surface area contributed by atoms with Gasteiger partial charge in [-0.3, -0.25) is 4.79 Å². The zero-order chi connectivity index (χ0) is 22.5. The van der Waals surface area contributed by atoms with Gasteiger partial charge in [0.15, 0.2) is 5.65 Å². The molecule has 31 heavy (non-hydrogen) atoms. The molecule has 2 aromatic rings. The van der Waals surface area contributed by atoms with Crippen molar-refractivity contribution in [1.82, 2.24) is 24.4 Å². The highest BCUT2D eigenvalue weighted by Gasteiger charge is 2.23. The molecule has 3 heterocycles. The minimum absolute atomic E-state index is 0.0643. The number of nitriles is 1. The molecule has 3 rings (SSSR count). The van der Waals surface area contributed by atoms with Gasteiger partial charge in [-0.15, -0.1) is 0 Å². The number of hydrogen-bond donors (Lipinski definition) is 0. The molecule has 166 valence electrons. The summed E-state index contributed by atoms with van der Waals surface area (Å²) in [7, 11) is 0. The van der Waals surface area contributed by atoms with Crippen molar-refractivity contribution in [3.8, 4) is 6.07 Å². The van der Waals surface area contributed by atoms with E-state index in [1.165, 1.54) is 6.20 Å². The molecule has 0 unspecified atom stereocenters. The lowest BCUT2D eigenvalue weighted by Crippen LogP contribution is -2.38.